The van der Waals surface area contributed by atoms with E-state index in [9.17, 15) is 14.3 Å². The second-order valence-electron chi connectivity index (χ2n) is 7.53. The van der Waals surface area contributed by atoms with Gasteiger partial charge in [-0.05, 0) is 49.2 Å². The highest BCUT2D eigenvalue weighted by Gasteiger charge is 2.35. The van der Waals surface area contributed by atoms with Gasteiger partial charge in [0.15, 0.2) is 0 Å². The molecule has 154 valence electrons. The first kappa shape index (κ1) is 18.6. The molecule has 1 amide bonds. The van der Waals surface area contributed by atoms with Crippen LogP contribution in [0.4, 0.5) is 14.9 Å². The lowest BCUT2D eigenvalue weighted by Gasteiger charge is -2.15. The van der Waals surface area contributed by atoms with E-state index >= 15 is 0 Å². The topological polar surface area (TPSA) is 106 Å². The van der Waals surface area contributed by atoms with Crippen molar-refractivity contribution in [3.8, 4) is 22.6 Å². The van der Waals surface area contributed by atoms with Gasteiger partial charge in [-0.25, -0.2) is 9.18 Å². The Morgan fingerprint density at radius 3 is 2.73 bits per heavy atom. The van der Waals surface area contributed by atoms with Gasteiger partial charge < -0.3 is 9.84 Å². The molecule has 2 aromatic heterocycles. The average molecular weight is 410 g/mol. The maximum atomic E-state index is 14.8. The van der Waals surface area contributed by atoms with E-state index in [1.54, 1.807) is 42.2 Å². The fourth-order valence-electron chi connectivity index (χ4n) is 3.33. The Morgan fingerprint density at radius 2 is 2.10 bits per heavy atom. The van der Waals surface area contributed by atoms with Crippen LogP contribution in [0.1, 0.15) is 25.8 Å². The van der Waals surface area contributed by atoms with Crippen LogP contribution in [0, 0.1) is 5.82 Å². The summed E-state index contributed by atoms with van der Waals surface area (Å²) in [4.78, 5) is 19.3. The minimum absolute atomic E-state index is 0.167. The summed E-state index contributed by atoms with van der Waals surface area (Å²) in [7, 11) is 0. The van der Waals surface area contributed by atoms with Crippen molar-refractivity contribution in [3.63, 3.8) is 0 Å². The Kier molecular flexibility index (Phi) is 4.43. The van der Waals surface area contributed by atoms with Crippen LogP contribution in [-0.2, 0) is 4.74 Å². The SMILES string of the molecule is CC(O)[C@@H]1CN(c2ccc(-c3ccc(-c4nnn(C5CC5)n4)nc3)c(F)c2)C(=O)O1. The lowest BCUT2D eigenvalue weighted by molar-refractivity contribution is 0.0437. The summed E-state index contributed by atoms with van der Waals surface area (Å²) in [5.41, 5.74) is 1.87. The molecule has 2 atom stereocenters. The standard InChI is InChI=1S/C20H19FN6O3/c1-11(28)18-10-26(20(29)30-18)14-5-6-15(16(21)8-14)12-2-7-17(22-9-12)19-23-25-27(24-19)13-3-4-13/h2,5-9,11,13,18,28H,3-4,10H2,1H3/t11?,18-/m0/s1. The van der Waals surface area contributed by atoms with E-state index in [-0.39, 0.29) is 6.54 Å². The quantitative estimate of drug-likeness (QED) is 0.689. The van der Waals surface area contributed by atoms with Crippen LogP contribution in [-0.4, -0.2) is 55.1 Å². The summed E-state index contributed by atoms with van der Waals surface area (Å²) in [6.45, 7) is 1.71. The summed E-state index contributed by atoms with van der Waals surface area (Å²) in [6.07, 6.45) is 1.64. The van der Waals surface area contributed by atoms with E-state index in [0.717, 1.165) is 12.8 Å². The van der Waals surface area contributed by atoms with E-state index in [1.165, 1.54) is 11.0 Å². The van der Waals surface area contributed by atoms with Crippen molar-refractivity contribution in [2.75, 3.05) is 11.4 Å². The third kappa shape index (κ3) is 3.39. The molecule has 2 fully saturated rings. The van der Waals surface area contributed by atoms with E-state index < -0.39 is 24.1 Å². The number of carbonyl (C=O) groups excluding carboxylic acids is 1. The van der Waals surface area contributed by atoms with Gasteiger partial charge in [0, 0.05) is 17.3 Å². The molecule has 3 aromatic rings. The van der Waals surface area contributed by atoms with Crippen molar-refractivity contribution >= 4 is 11.8 Å². The zero-order valence-corrected chi connectivity index (χ0v) is 16.1. The van der Waals surface area contributed by atoms with Crippen LogP contribution in [0.5, 0.6) is 0 Å². The molecule has 30 heavy (non-hydrogen) atoms. The molecule has 1 N–H and O–H groups in total. The number of hydrogen-bond acceptors (Lipinski definition) is 7. The molecule has 0 spiro atoms. The number of rotatable bonds is 5. The number of carbonyl (C=O) groups is 1. The van der Waals surface area contributed by atoms with Crippen molar-refractivity contribution in [2.24, 2.45) is 0 Å². The number of aliphatic hydroxyl groups is 1. The lowest BCUT2D eigenvalue weighted by Crippen LogP contribution is -2.29. The molecular weight excluding hydrogens is 391 g/mol. The zero-order chi connectivity index (χ0) is 20.8. The molecule has 10 heteroatoms. The van der Waals surface area contributed by atoms with Crippen LogP contribution in [0.25, 0.3) is 22.6 Å². The van der Waals surface area contributed by atoms with E-state index in [4.69, 9.17) is 4.74 Å². The number of pyridine rings is 1. The number of benzene rings is 1. The van der Waals surface area contributed by atoms with Gasteiger partial charge in [-0.15, -0.1) is 10.2 Å². The van der Waals surface area contributed by atoms with Gasteiger partial charge >= 0.3 is 6.09 Å². The van der Waals surface area contributed by atoms with Crippen LogP contribution in [0.15, 0.2) is 36.5 Å². The van der Waals surface area contributed by atoms with Crippen molar-refractivity contribution in [1.29, 1.82) is 0 Å². The number of anilines is 1. The zero-order valence-electron chi connectivity index (χ0n) is 16.1. The largest absolute Gasteiger partial charge is 0.441 e. The number of amides is 1. The minimum atomic E-state index is -0.798. The molecule has 9 nitrogen and oxygen atoms in total. The Bertz CT molecular complexity index is 1100. The lowest BCUT2D eigenvalue weighted by atomic mass is 10.1. The minimum Gasteiger partial charge on any atom is -0.441 e. The van der Waals surface area contributed by atoms with Crippen LogP contribution in [0.2, 0.25) is 0 Å². The summed E-state index contributed by atoms with van der Waals surface area (Å²) >= 11 is 0. The second-order valence-corrected chi connectivity index (χ2v) is 7.53. The molecule has 1 saturated heterocycles. The number of halogens is 1. The number of aromatic nitrogens is 5. The Morgan fingerprint density at radius 1 is 1.27 bits per heavy atom. The van der Waals surface area contributed by atoms with Crippen LogP contribution in [0.3, 0.4) is 0 Å². The summed E-state index contributed by atoms with van der Waals surface area (Å²) in [5.74, 6) is -0.0577. The number of ether oxygens (including phenoxy) is 1. The van der Waals surface area contributed by atoms with Gasteiger partial charge in [0.25, 0.3) is 0 Å². The molecule has 0 radical (unpaired) electrons. The molecule has 5 rings (SSSR count). The second kappa shape index (κ2) is 7.13. The smallest absolute Gasteiger partial charge is 0.414 e. The van der Waals surface area contributed by atoms with Gasteiger partial charge in [-0.1, -0.05) is 6.07 Å². The van der Waals surface area contributed by atoms with Gasteiger partial charge in [-0.2, -0.15) is 4.80 Å². The first-order valence-electron chi connectivity index (χ1n) is 9.71. The van der Waals surface area contributed by atoms with Gasteiger partial charge in [-0.3, -0.25) is 9.88 Å². The number of hydrogen-bond donors (Lipinski definition) is 1. The molecular formula is C20H19FN6O3. The third-order valence-electron chi connectivity index (χ3n) is 5.24. The molecule has 0 bridgehead atoms. The number of tetrazole rings is 1. The Labute approximate surface area is 171 Å². The van der Waals surface area contributed by atoms with Gasteiger partial charge in [0.2, 0.25) is 5.82 Å². The summed E-state index contributed by atoms with van der Waals surface area (Å²) in [6, 6.07) is 8.31. The van der Waals surface area contributed by atoms with Gasteiger partial charge in [0.1, 0.15) is 17.6 Å². The van der Waals surface area contributed by atoms with Crippen molar-refractivity contribution < 1.29 is 19.0 Å². The molecule has 1 saturated carbocycles. The van der Waals surface area contributed by atoms with E-state index in [0.29, 0.717) is 34.4 Å². The summed E-state index contributed by atoms with van der Waals surface area (Å²) in [5, 5.41) is 22.0. The number of cyclic esters (lactones) is 1. The number of aliphatic hydroxyl groups excluding tert-OH is 1. The molecule has 1 unspecified atom stereocenters. The molecule has 2 aliphatic rings. The van der Waals surface area contributed by atoms with Crippen molar-refractivity contribution in [1.82, 2.24) is 25.2 Å². The van der Waals surface area contributed by atoms with Crippen molar-refractivity contribution in [2.45, 2.75) is 38.0 Å². The molecule has 1 aromatic carbocycles. The maximum absolute atomic E-state index is 14.8. The van der Waals surface area contributed by atoms with Crippen LogP contribution < -0.4 is 4.90 Å². The molecule has 3 heterocycles. The number of nitrogens with zero attached hydrogens (tertiary/aromatic N) is 6. The molecule has 1 aliphatic carbocycles. The molecule has 1 aliphatic heterocycles. The van der Waals surface area contributed by atoms with Gasteiger partial charge in [0.05, 0.1) is 24.4 Å². The summed E-state index contributed by atoms with van der Waals surface area (Å²) < 4.78 is 19.9. The highest BCUT2D eigenvalue weighted by atomic mass is 19.1. The first-order chi connectivity index (χ1) is 14.5. The Hall–Kier alpha value is -3.40. The monoisotopic (exact) mass is 410 g/mol. The van der Waals surface area contributed by atoms with E-state index in [1.807, 2.05) is 0 Å². The van der Waals surface area contributed by atoms with E-state index in [2.05, 4.69) is 20.4 Å². The highest BCUT2D eigenvalue weighted by molar-refractivity contribution is 5.90. The maximum Gasteiger partial charge on any atom is 0.414 e. The van der Waals surface area contributed by atoms with Crippen molar-refractivity contribution in [3.05, 3.63) is 42.3 Å². The first-order valence-corrected chi connectivity index (χ1v) is 9.71. The average Bonchev–Trinajstić information content (AvgIpc) is 3.33. The predicted octanol–water partition coefficient (Wildman–Crippen LogP) is 2.58. The third-order valence-corrected chi connectivity index (χ3v) is 5.24. The Balaban J connectivity index is 1.36. The normalized spacial score (nSPS) is 19.8. The fourth-order valence-corrected chi connectivity index (χ4v) is 3.33. The highest BCUT2D eigenvalue weighted by Crippen LogP contribution is 2.33. The van der Waals surface area contributed by atoms with Crippen LogP contribution >= 0.6 is 0 Å². The fraction of sp³-hybridized carbons (Fsp3) is 0.350. The predicted molar refractivity (Wildman–Crippen MR) is 104 cm³/mol.